The fourth-order valence-corrected chi connectivity index (χ4v) is 5.99. The number of benzene rings is 2. The highest BCUT2D eigenvalue weighted by Crippen LogP contribution is 2.45. The maximum atomic E-state index is 14.0. The topological polar surface area (TPSA) is 88.4 Å². The summed E-state index contributed by atoms with van der Waals surface area (Å²) in [5, 5.41) is 15.8. The predicted octanol–water partition coefficient (Wildman–Crippen LogP) is 7.33. The van der Waals surface area contributed by atoms with Crippen LogP contribution in [-0.4, -0.2) is 51.5 Å². The molecule has 1 aromatic heterocycles. The summed E-state index contributed by atoms with van der Waals surface area (Å²) in [7, 11) is 0. The minimum Gasteiger partial charge on any atom is -0.446 e. The molecular weight excluding hydrogens is 661 g/mol. The smallest absolute Gasteiger partial charge is 0.416 e. The summed E-state index contributed by atoms with van der Waals surface area (Å²) in [5.74, 6) is -0.243. The van der Waals surface area contributed by atoms with Crippen molar-refractivity contribution >= 4 is 17.7 Å². The quantitative estimate of drug-likeness (QED) is 0.271. The van der Waals surface area contributed by atoms with Crippen molar-refractivity contribution in [2.75, 3.05) is 22.9 Å². The van der Waals surface area contributed by atoms with Crippen LogP contribution in [0.15, 0.2) is 36.4 Å². The molecule has 262 valence electrons. The molecular formula is C30H32F9N7O2. The van der Waals surface area contributed by atoms with Crippen LogP contribution < -0.4 is 15.1 Å². The number of amides is 1. The molecule has 1 saturated heterocycles. The maximum Gasteiger partial charge on any atom is 0.416 e. The molecule has 0 radical (unpaired) electrons. The van der Waals surface area contributed by atoms with Gasteiger partial charge in [0.2, 0.25) is 0 Å². The summed E-state index contributed by atoms with van der Waals surface area (Å²) < 4.78 is 130. The van der Waals surface area contributed by atoms with Crippen LogP contribution in [0.4, 0.5) is 55.9 Å². The number of rotatable bonds is 6. The van der Waals surface area contributed by atoms with Crippen molar-refractivity contribution in [1.82, 2.24) is 25.5 Å². The molecule has 0 unspecified atom stereocenters. The number of carbonyl (C=O) groups excluding carboxylic acids is 1. The molecule has 9 nitrogen and oxygen atoms in total. The first-order chi connectivity index (χ1) is 22.2. The van der Waals surface area contributed by atoms with E-state index in [-0.39, 0.29) is 29.7 Å². The van der Waals surface area contributed by atoms with Gasteiger partial charge in [-0.15, -0.1) is 5.10 Å². The van der Waals surface area contributed by atoms with Crippen molar-refractivity contribution in [3.05, 3.63) is 64.2 Å². The Bertz CT molecular complexity index is 1610. The molecule has 0 bridgehead atoms. The standard InChI is InChI=1S/C30H32F9N7O2/c1-16(2)48-26(47)45-17(3)9-24(22-13-19(28(31,32)33)5-6-23(22)45)44(25-41-43-46(42-25)27(4)7-8-40-15-27)14-18-10-20(29(34,35)36)12-21(11-18)30(37,38)39/h5-6,10-13,16-17,24,40H,7-9,14-15H2,1-4H3/t17-,24+,27-/m0/s1. The lowest BCUT2D eigenvalue weighted by Crippen LogP contribution is -2.47. The number of hydrogen-bond donors (Lipinski definition) is 1. The van der Waals surface area contributed by atoms with Gasteiger partial charge in [0.15, 0.2) is 0 Å². The Kier molecular flexibility index (Phi) is 9.11. The monoisotopic (exact) mass is 693 g/mol. The molecule has 2 aromatic carbocycles. The van der Waals surface area contributed by atoms with Gasteiger partial charge in [0, 0.05) is 19.1 Å². The SMILES string of the molecule is CC(C)OC(=O)N1c2ccc(C(F)(F)F)cc2[C@H](N(Cc2cc(C(F)(F)F)cc(C(F)(F)F)c2)c2nnn([C@@]3(C)CCNC3)n2)C[C@@H]1C. The lowest BCUT2D eigenvalue weighted by molar-refractivity contribution is -0.143. The zero-order valence-electron chi connectivity index (χ0n) is 26.1. The molecule has 48 heavy (non-hydrogen) atoms. The first-order valence-electron chi connectivity index (χ1n) is 14.9. The number of nitrogens with one attached hydrogen (secondary N) is 1. The third kappa shape index (κ3) is 7.17. The van der Waals surface area contributed by atoms with E-state index in [0.717, 1.165) is 18.2 Å². The van der Waals surface area contributed by atoms with Crippen molar-refractivity contribution in [3.63, 3.8) is 0 Å². The zero-order valence-corrected chi connectivity index (χ0v) is 26.1. The van der Waals surface area contributed by atoms with Crippen LogP contribution in [0.1, 0.15) is 74.4 Å². The van der Waals surface area contributed by atoms with Crippen LogP contribution in [0.25, 0.3) is 0 Å². The summed E-state index contributed by atoms with van der Waals surface area (Å²) in [6.07, 6.45) is -16.1. The third-order valence-corrected chi connectivity index (χ3v) is 8.38. The van der Waals surface area contributed by atoms with Crippen LogP contribution in [0.2, 0.25) is 0 Å². The van der Waals surface area contributed by atoms with E-state index in [9.17, 15) is 44.3 Å². The molecule has 3 aromatic rings. The minimum atomic E-state index is -5.14. The highest BCUT2D eigenvalue weighted by atomic mass is 19.4. The molecule has 18 heteroatoms. The number of carbonyl (C=O) groups is 1. The normalized spacial score (nSPS) is 21.8. The summed E-state index contributed by atoms with van der Waals surface area (Å²) in [6, 6.07) is 1.81. The second kappa shape index (κ2) is 12.4. The van der Waals surface area contributed by atoms with Crippen molar-refractivity contribution in [2.45, 2.75) is 89.3 Å². The van der Waals surface area contributed by atoms with Gasteiger partial charge in [-0.25, -0.2) is 4.79 Å². The molecule has 2 aliphatic heterocycles. The number of fused-ring (bicyclic) bond motifs is 1. The van der Waals surface area contributed by atoms with Crippen LogP contribution in [0, 0.1) is 0 Å². The van der Waals surface area contributed by atoms with Crippen LogP contribution >= 0.6 is 0 Å². The lowest BCUT2D eigenvalue weighted by Gasteiger charge is -2.43. The van der Waals surface area contributed by atoms with Gasteiger partial charge in [0.25, 0.3) is 5.95 Å². The zero-order chi connectivity index (χ0) is 35.4. The molecule has 3 atom stereocenters. The first kappa shape index (κ1) is 35.2. The van der Waals surface area contributed by atoms with E-state index in [1.54, 1.807) is 20.8 Å². The largest absolute Gasteiger partial charge is 0.446 e. The molecule has 1 amide bonds. The van der Waals surface area contributed by atoms with Crippen LogP contribution in [0.3, 0.4) is 0 Å². The number of hydrogen-bond acceptors (Lipinski definition) is 7. The van der Waals surface area contributed by atoms with Gasteiger partial charge in [-0.1, -0.05) is 5.10 Å². The first-order valence-corrected chi connectivity index (χ1v) is 14.9. The Morgan fingerprint density at radius 2 is 1.62 bits per heavy atom. The third-order valence-electron chi connectivity index (χ3n) is 8.38. The van der Waals surface area contributed by atoms with E-state index in [2.05, 4.69) is 20.7 Å². The Morgan fingerprint density at radius 3 is 2.17 bits per heavy atom. The average molecular weight is 694 g/mol. The molecule has 1 N–H and O–H groups in total. The van der Waals surface area contributed by atoms with Gasteiger partial charge in [0.1, 0.15) is 0 Å². The number of nitrogens with zero attached hydrogens (tertiary/aromatic N) is 6. The van der Waals surface area contributed by atoms with Crippen LogP contribution in [-0.2, 0) is 35.3 Å². The summed E-state index contributed by atoms with van der Waals surface area (Å²) in [4.78, 5) is 16.8. The summed E-state index contributed by atoms with van der Waals surface area (Å²) >= 11 is 0. The van der Waals surface area contributed by atoms with E-state index in [4.69, 9.17) is 4.74 Å². The molecule has 2 aliphatic rings. The molecule has 0 spiro atoms. The maximum absolute atomic E-state index is 14.0. The number of halogens is 9. The van der Waals surface area contributed by atoms with Gasteiger partial charge in [-0.05, 0) is 99.8 Å². The number of aromatic nitrogens is 4. The van der Waals surface area contributed by atoms with Gasteiger partial charge in [-0.3, -0.25) is 4.90 Å². The van der Waals surface area contributed by atoms with E-state index in [1.165, 1.54) is 14.6 Å². The average Bonchev–Trinajstić information content (AvgIpc) is 3.64. The second-order valence-corrected chi connectivity index (χ2v) is 12.5. The molecule has 1 fully saturated rings. The molecule has 0 saturated carbocycles. The highest BCUT2D eigenvalue weighted by Gasteiger charge is 2.43. The van der Waals surface area contributed by atoms with Gasteiger partial charge in [-0.2, -0.15) is 44.3 Å². The second-order valence-electron chi connectivity index (χ2n) is 12.5. The van der Waals surface area contributed by atoms with E-state index >= 15 is 0 Å². The van der Waals surface area contributed by atoms with E-state index in [1.807, 2.05) is 6.92 Å². The van der Waals surface area contributed by atoms with Crippen LogP contribution in [0.5, 0.6) is 0 Å². The van der Waals surface area contributed by atoms with Crippen molar-refractivity contribution in [2.24, 2.45) is 0 Å². The lowest BCUT2D eigenvalue weighted by atomic mass is 9.89. The summed E-state index contributed by atoms with van der Waals surface area (Å²) in [5.41, 5.74) is -5.42. The molecule has 0 aliphatic carbocycles. The van der Waals surface area contributed by atoms with Gasteiger partial charge in [0.05, 0.1) is 40.1 Å². The Balaban J connectivity index is 1.70. The van der Waals surface area contributed by atoms with Gasteiger partial charge >= 0.3 is 24.6 Å². The number of alkyl halides is 9. The van der Waals surface area contributed by atoms with Crippen molar-refractivity contribution in [1.29, 1.82) is 0 Å². The molecule has 3 heterocycles. The number of anilines is 2. The Labute approximate surface area is 269 Å². The highest BCUT2D eigenvalue weighted by molar-refractivity contribution is 5.90. The predicted molar refractivity (Wildman–Crippen MR) is 154 cm³/mol. The molecule has 5 rings (SSSR count). The van der Waals surface area contributed by atoms with Gasteiger partial charge < -0.3 is 15.0 Å². The Morgan fingerprint density at radius 1 is 1.00 bits per heavy atom. The Hall–Kier alpha value is -4.09. The summed E-state index contributed by atoms with van der Waals surface area (Å²) in [6.45, 7) is 6.94. The van der Waals surface area contributed by atoms with Crippen molar-refractivity contribution < 1.29 is 49.0 Å². The number of tetrazole rings is 1. The number of ether oxygens (including phenoxy) is 1. The fourth-order valence-electron chi connectivity index (χ4n) is 5.99. The minimum absolute atomic E-state index is 0.0118. The van der Waals surface area contributed by atoms with E-state index < -0.39 is 77.1 Å². The van der Waals surface area contributed by atoms with Crippen molar-refractivity contribution in [3.8, 4) is 0 Å². The van der Waals surface area contributed by atoms with E-state index in [0.29, 0.717) is 31.6 Å². The fraction of sp³-hybridized carbons (Fsp3) is 0.533.